The Morgan fingerprint density at radius 2 is 1.96 bits per heavy atom. The summed E-state index contributed by atoms with van der Waals surface area (Å²) in [6, 6.07) is 11.3. The number of halogens is 1. The maximum absolute atomic E-state index is 12.5. The number of H-pyrrole nitrogens is 1. The van der Waals surface area contributed by atoms with Crippen molar-refractivity contribution in [1.29, 1.82) is 0 Å². The van der Waals surface area contributed by atoms with E-state index >= 15 is 0 Å². The third-order valence-corrected chi connectivity index (χ3v) is 5.72. The average molecular weight is 407 g/mol. The van der Waals surface area contributed by atoms with Crippen molar-refractivity contribution in [3.8, 4) is 0 Å². The topological polar surface area (TPSA) is 104 Å². The van der Waals surface area contributed by atoms with Crippen LogP contribution in [0.3, 0.4) is 0 Å². The molecule has 0 spiro atoms. The molecule has 3 aromatic rings. The molecule has 7 nitrogen and oxygen atoms in total. The molecule has 0 fully saturated rings. The summed E-state index contributed by atoms with van der Waals surface area (Å²) in [5.74, 6) is 0.105. The minimum atomic E-state index is -3.72. The molecule has 142 valence electrons. The fourth-order valence-corrected chi connectivity index (χ4v) is 4.05. The first-order valence-electron chi connectivity index (χ1n) is 8.30. The molecule has 1 amide bonds. The van der Waals surface area contributed by atoms with Crippen LogP contribution in [0.5, 0.6) is 0 Å². The fraction of sp³-hybridized carbons (Fsp3) is 0.222. The van der Waals surface area contributed by atoms with Gasteiger partial charge in [-0.2, -0.15) is 0 Å². The van der Waals surface area contributed by atoms with E-state index in [0.717, 1.165) is 11.0 Å². The lowest BCUT2D eigenvalue weighted by atomic mass is 10.2. The summed E-state index contributed by atoms with van der Waals surface area (Å²) < 4.78 is 27.1. The van der Waals surface area contributed by atoms with Crippen LogP contribution >= 0.6 is 11.6 Å². The molecule has 3 N–H and O–H groups in total. The van der Waals surface area contributed by atoms with E-state index in [0.29, 0.717) is 5.82 Å². The van der Waals surface area contributed by atoms with E-state index in [-0.39, 0.29) is 28.1 Å². The molecule has 27 heavy (non-hydrogen) atoms. The van der Waals surface area contributed by atoms with Gasteiger partial charge in [0.2, 0.25) is 10.0 Å². The molecule has 3 rings (SSSR count). The number of sulfonamides is 1. The summed E-state index contributed by atoms with van der Waals surface area (Å²) in [4.78, 5) is 20.0. The first-order valence-corrected chi connectivity index (χ1v) is 10.2. The van der Waals surface area contributed by atoms with E-state index in [1.807, 2.05) is 24.3 Å². The van der Waals surface area contributed by atoms with Gasteiger partial charge in [-0.05, 0) is 44.2 Å². The lowest BCUT2D eigenvalue weighted by Gasteiger charge is -2.11. The lowest BCUT2D eigenvalue weighted by Crippen LogP contribution is -2.30. The number of hydrogen-bond acceptors (Lipinski definition) is 4. The van der Waals surface area contributed by atoms with Crippen molar-refractivity contribution in [3.05, 3.63) is 58.9 Å². The molecule has 0 radical (unpaired) electrons. The number of fused-ring (bicyclic) bond motifs is 1. The van der Waals surface area contributed by atoms with E-state index in [2.05, 4.69) is 20.0 Å². The first-order chi connectivity index (χ1) is 12.8. The van der Waals surface area contributed by atoms with E-state index in [4.69, 9.17) is 11.6 Å². The van der Waals surface area contributed by atoms with Crippen LogP contribution in [0.4, 0.5) is 0 Å². The predicted molar refractivity (Wildman–Crippen MR) is 104 cm³/mol. The molecule has 0 aliphatic rings. The largest absolute Gasteiger partial charge is 0.345 e. The van der Waals surface area contributed by atoms with E-state index < -0.39 is 15.9 Å². The monoisotopic (exact) mass is 406 g/mol. The van der Waals surface area contributed by atoms with Crippen LogP contribution in [0, 0.1) is 0 Å². The van der Waals surface area contributed by atoms with Gasteiger partial charge in [-0.25, -0.2) is 18.1 Å². The van der Waals surface area contributed by atoms with Gasteiger partial charge in [0.25, 0.3) is 5.91 Å². The molecule has 9 heteroatoms. The molecule has 0 bridgehead atoms. The van der Waals surface area contributed by atoms with Gasteiger partial charge in [0.1, 0.15) is 5.82 Å². The standard InChI is InChI=1S/C18H19ClN4O3S/c1-11(2)23-27(25,26)12-7-8-14(19)13(9-12)18(24)20-10-17-21-15-5-3-4-6-16(15)22-17/h3-9,11,23H,10H2,1-2H3,(H,20,24)(H,21,22). The highest BCUT2D eigenvalue weighted by atomic mass is 35.5. The van der Waals surface area contributed by atoms with Gasteiger partial charge in [-0.15, -0.1) is 0 Å². The molecule has 2 aromatic carbocycles. The first kappa shape index (κ1) is 19.3. The maximum atomic E-state index is 12.5. The Hall–Kier alpha value is -2.42. The zero-order valence-electron chi connectivity index (χ0n) is 14.8. The van der Waals surface area contributed by atoms with Crippen LogP contribution in [0.25, 0.3) is 11.0 Å². The molecule has 0 aliphatic heterocycles. The highest BCUT2D eigenvalue weighted by Crippen LogP contribution is 2.21. The van der Waals surface area contributed by atoms with Crippen molar-refractivity contribution < 1.29 is 13.2 Å². The Balaban J connectivity index is 1.78. The zero-order valence-corrected chi connectivity index (χ0v) is 16.4. The van der Waals surface area contributed by atoms with E-state index in [9.17, 15) is 13.2 Å². The maximum Gasteiger partial charge on any atom is 0.253 e. The van der Waals surface area contributed by atoms with Gasteiger partial charge in [0.05, 0.1) is 33.1 Å². The molecular formula is C18H19ClN4O3S. The highest BCUT2D eigenvalue weighted by molar-refractivity contribution is 7.89. The SMILES string of the molecule is CC(C)NS(=O)(=O)c1ccc(Cl)c(C(=O)NCc2nc3ccccc3[nH]2)c1. The van der Waals surface area contributed by atoms with Crippen LogP contribution in [0.2, 0.25) is 5.02 Å². The molecule has 0 unspecified atom stereocenters. The van der Waals surface area contributed by atoms with Gasteiger partial charge in [0, 0.05) is 6.04 Å². The van der Waals surface area contributed by atoms with Crippen molar-refractivity contribution in [3.63, 3.8) is 0 Å². The van der Waals surface area contributed by atoms with Crippen molar-refractivity contribution in [2.75, 3.05) is 0 Å². The number of para-hydroxylation sites is 2. The summed E-state index contributed by atoms with van der Waals surface area (Å²) in [6.07, 6.45) is 0. The lowest BCUT2D eigenvalue weighted by molar-refractivity contribution is 0.0950. The Morgan fingerprint density at radius 1 is 1.22 bits per heavy atom. The van der Waals surface area contributed by atoms with Gasteiger partial charge in [0.15, 0.2) is 0 Å². The van der Waals surface area contributed by atoms with Crippen LogP contribution in [0.15, 0.2) is 47.4 Å². The Kier molecular flexibility index (Phi) is 5.50. The number of amides is 1. The van der Waals surface area contributed by atoms with Crippen LogP contribution in [-0.2, 0) is 16.6 Å². The Bertz CT molecular complexity index is 1060. The van der Waals surface area contributed by atoms with Gasteiger partial charge < -0.3 is 10.3 Å². The molecule has 1 aromatic heterocycles. The fourth-order valence-electron chi connectivity index (χ4n) is 2.57. The summed E-state index contributed by atoms with van der Waals surface area (Å²) in [5, 5.41) is 2.87. The number of aromatic amines is 1. The molecule has 0 saturated carbocycles. The van der Waals surface area contributed by atoms with Gasteiger partial charge in [-0.1, -0.05) is 23.7 Å². The minimum absolute atomic E-state index is 0.0190. The van der Waals surface area contributed by atoms with Crippen LogP contribution in [0.1, 0.15) is 30.0 Å². The van der Waals surface area contributed by atoms with Gasteiger partial charge >= 0.3 is 0 Å². The molecule has 0 aliphatic carbocycles. The highest BCUT2D eigenvalue weighted by Gasteiger charge is 2.19. The van der Waals surface area contributed by atoms with Crippen LogP contribution < -0.4 is 10.0 Å². The number of carbonyl (C=O) groups excluding carboxylic acids is 1. The number of nitrogens with one attached hydrogen (secondary N) is 3. The molecular weight excluding hydrogens is 388 g/mol. The Labute approximate surface area is 162 Å². The third-order valence-electron chi connectivity index (χ3n) is 3.74. The van der Waals surface area contributed by atoms with Crippen molar-refractivity contribution >= 4 is 38.6 Å². The summed E-state index contributed by atoms with van der Waals surface area (Å²) in [6.45, 7) is 3.59. The van der Waals surface area contributed by atoms with Crippen molar-refractivity contribution in [2.24, 2.45) is 0 Å². The van der Waals surface area contributed by atoms with Crippen molar-refractivity contribution in [1.82, 2.24) is 20.0 Å². The number of benzene rings is 2. The number of rotatable bonds is 6. The van der Waals surface area contributed by atoms with Crippen molar-refractivity contribution in [2.45, 2.75) is 31.3 Å². The smallest absolute Gasteiger partial charge is 0.253 e. The van der Waals surface area contributed by atoms with Gasteiger partial charge in [-0.3, -0.25) is 4.79 Å². The third kappa shape index (κ3) is 4.47. The zero-order chi connectivity index (χ0) is 19.6. The number of hydrogen-bond donors (Lipinski definition) is 3. The number of aromatic nitrogens is 2. The predicted octanol–water partition coefficient (Wildman–Crippen LogP) is 2.83. The van der Waals surface area contributed by atoms with E-state index in [1.165, 1.54) is 18.2 Å². The second-order valence-corrected chi connectivity index (χ2v) is 8.42. The van der Waals surface area contributed by atoms with Crippen LogP contribution in [-0.4, -0.2) is 30.3 Å². The average Bonchev–Trinajstić information content (AvgIpc) is 3.01. The normalized spacial score (nSPS) is 11.9. The Morgan fingerprint density at radius 3 is 2.67 bits per heavy atom. The summed E-state index contributed by atoms with van der Waals surface area (Å²) in [5.41, 5.74) is 1.75. The molecule has 0 atom stereocenters. The number of nitrogens with zero attached hydrogens (tertiary/aromatic N) is 1. The van der Waals surface area contributed by atoms with E-state index in [1.54, 1.807) is 13.8 Å². The second kappa shape index (κ2) is 7.67. The minimum Gasteiger partial charge on any atom is -0.345 e. The molecule has 0 saturated heterocycles. The summed E-state index contributed by atoms with van der Waals surface area (Å²) in [7, 11) is -3.72. The molecule has 1 heterocycles. The quantitative estimate of drug-likeness (QED) is 0.585. The summed E-state index contributed by atoms with van der Waals surface area (Å²) >= 11 is 6.09. The number of imidazole rings is 1. The second-order valence-electron chi connectivity index (χ2n) is 6.30. The number of carbonyl (C=O) groups is 1.